The number of nitrogens with zero attached hydrogens (tertiary/aromatic N) is 2. The van der Waals surface area contributed by atoms with Gasteiger partial charge in [-0.3, -0.25) is 4.79 Å². The molecule has 0 aliphatic rings. The van der Waals surface area contributed by atoms with Gasteiger partial charge >= 0.3 is 0 Å². The molecule has 2 N–H and O–H groups in total. The number of hydrogen-bond acceptors (Lipinski definition) is 5. The maximum absolute atomic E-state index is 11.6. The first kappa shape index (κ1) is 14.7. The van der Waals surface area contributed by atoms with Crippen LogP contribution in [0.4, 0.5) is 0 Å². The van der Waals surface area contributed by atoms with Crippen LogP contribution in [0.15, 0.2) is 39.4 Å². The summed E-state index contributed by atoms with van der Waals surface area (Å²) in [5.74, 6) is 0. The fourth-order valence-corrected chi connectivity index (χ4v) is 2.78. The van der Waals surface area contributed by atoms with Crippen LogP contribution < -0.4 is 5.56 Å². The molecule has 2 heterocycles. The van der Waals surface area contributed by atoms with Crippen molar-refractivity contribution in [3.8, 4) is 0 Å². The minimum absolute atomic E-state index is 0.166. The Morgan fingerprint density at radius 1 is 1.50 bits per heavy atom. The topological polar surface area (TPSA) is 78.9 Å². The molecule has 2 rings (SSSR count). The summed E-state index contributed by atoms with van der Waals surface area (Å²) in [5.41, 5.74) is 1.33. The van der Waals surface area contributed by atoms with E-state index in [1.807, 2.05) is 13.0 Å². The van der Waals surface area contributed by atoms with E-state index in [1.165, 1.54) is 17.8 Å². The summed E-state index contributed by atoms with van der Waals surface area (Å²) < 4.78 is 0. The lowest BCUT2D eigenvalue weighted by Gasteiger charge is -2.09. The highest BCUT2D eigenvalue weighted by Gasteiger charge is 2.12. The number of H-pyrrole nitrogens is 1. The van der Waals surface area contributed by atoms with Crippen LogP contribution in [-0.4, -0.2) is 20.1 Å². The number of aryl methyl sites for hydroxylation is 1. The van der Waals surface area contributed by atoms with E-state index in [1.54, 1.807) is 19.2 Å². The molecular formula is C14H17N3O2S. The van der Waals surface area contributed by atoms with Gasteiger partial charge in [0.25, 0.3) is 5.56 Å². The minimum atomic E-state index is -0.614. The van der Waals surface area contributed by atoms with Crippen LogP contribution in [0.2, 0.25) is 0 Å². The average Bonchev–Trinajstić information content (AvgIpc) is 2.38. The van der Waals surface area contributed by atoms with Crippen molar-refractivity contribution in [3.05, 3.63) is 46.0 Å². The van der Waals surface area contributed by atoms with Crippen molar-refractivity contribution in [2.45, 2.75) is 43.0 Å². The third-order valence-corrected chi connectivity index (χ3v) is 3.64. The first-order valence-electron chi connectivity index (χ1n) is 6.51. The molecule has 2 aromatic rings. The van der Waals surface area contributed by atoms with Gasteiger partial charge < -0.3 is 10.1 Å². The lowest BCUT2D eigenvalue weighted by Crippen LogP contribution is -2.10. The highest BCUT2D eigenvalue weighted by Crippen LogP contribution is 2.28. The summed E-state index contributed by atoms with van der Waals surface area (Å²) in [7, 11) is 0. The van der Waals surface area contributed by atoms with Crippen molar-refractivity contribution in [3.63, 3.8) is 0 Å². The number of aromatic nitrogens is 3. The van der Waals surface area contributed by atoms with Gasteiger partial charge in [-0.15, -0.1) is 0 Å². The second-order valence-electron chi connectivity index (χ2n) is 4.47. The minimum Gasteiger partial charge on any atom is -0.389 e. The molecule has 20 heavy (non-hydrogen) atoms. The average molecular weight is 291 g/mol. The van der Waals surface area contributed by atoms with E-state index >= 15 is 0 Å². The molecule has 106 valence electrons. The second kappa shape index (κ2) is 6.67. The Morgan fingerprint density at radius 2 is 2.30 bits per heavy atom. The fourth-order valence-electron chi connectivity index (χ4n) is 1.81. The Labute approximate surface area is 121 Å². The zero-order valence-corrected chi connectivity index (χ0v) is 12.3. The summed E-state index contributed by atoms with van der Waals surface area (Å²) >= 11 is 1.26. The van der Waals surface area contributed by atoms with Crippen LogP contribution in [0.25, 0.3) is 0 Å². The molecule has 0 fully saturated rings. The molecule has 0 bridgehead atoms. The first-order valence-corrected chi connectivity index (χ1v) is 7.33. The Morgan fingerprint density at radius 3 is 3.00 bits per heavy atom. The van der Waals surface area contributed by atoms with Gasteiger partial charge in [0.15, 0.2) is 5.16 Å². The van der Waals surface area contributed by atoms with Gasteiger partial charge in [-0.1, -0.05) is 19.4 Å². The van der Waals surface area contributed by atoms with Gasteiger partial charge in [0, 0.05) is 23.5 Å². The maximum Gasteiger partial charge on any atom is 0.251 e. The van der Waals surface area contributed by atoms with Crippen molar-refractivity contribution >= 4 is 11.8 Å². The van der Waals surface area contributed by atoms with Gasteiger partial charge in [-0.2, -0.15) is 0 Å². The predicted molar refractivity (Wildman–Crippen MR) is 77.8 cm³/mol. The Bertz CT molecular complexity index is 640. The molecule has 0 saturated carbocycles. The van der Waals surface area contributed by atoms with Crippen LogP contribution in [0.3, 0.4) is 0 Å². The molecule has 2 aromatic heterocycles. The van der Waals surface area contributed by atoms with Crippen molar-refractivity contribution in [2.75, 3.05) is 0 Å². The van der Waals surface area contributed by atoms with Crippen LogP contribution in [-0.2, 0) is 6.42 Å². The monoisotopic (exact) mass is 291 g/mol. The van der Waals surface area contributed by atoms with Crippen LogP contribution in [0.5, 0.6) is 0 Å². The summed E-state index contributed by atoms with van der Waals surface area (Å²) in [5, 5.41) is 10.9. The van der Waals surface area contributed by atoms with Crippen LogP contribution in [0.1, 0.15) is 37.6 Å². The second-order valence-corrected chi connectivity index (χ2v) is 5.45. The molecular weight excluding hydrogens is 274 g/mol. The number of rotatable bonds is 5. The van der Waals surface area contributed by atoms with E-state index in [2.05, 4.69) is 15.0 Å². The molecule has 1 unspecified atom stereocenters. The van der Waals surface area contributed by atoms with Crippen molar-refractivity contribution in [1.29, 1.82) is 0 Å². The third-order valence-electron chi connectivity index (χ3n) is 2.72. The van der Waals surface area contributed by atoms with E-state index in [9.17, 15) is 9.90 Å². The van der Waals surface area contributed by atoms with Crippen molar-refractivity contribution < 1.29 is 5.11 Å². The molecule has 6 heteroatoms. The van der Waals surface area contributed by atoms with Crippen LogP contribution >= 0.6 is 11.8 Å². The highest BCUT2D eigenvalue weighted by molar-refractivity contribution is 7.99. The summed E-state index contributed by atoms with van der Waals surface area (Å²) in [6.07, 6.45) is 2.74. The third kappa shape index (κ3) is 3.68. The molecule has 0 radical (unpaired) electrons. The number of aliphatic hydroxyl groups excluding tert-OH is 1. The predicted octanol–water partition coefficient (Wildman–Crippen LogP) is 2.32. The zero-order chi connectivity index (χ0) is 14.5. The van der Waals surface area contributed by atoms with Gasteiger partial charge in [0.05, 0.1) is 6.10 Å². The number of pyridine rings is 1. The molecule has 0 aliphatic carbocycles. The number of aliphatic hydroxyl groups is 1. The number of aromatic amines is 1. The van der Waals surface area contributed by atoms with E-state index in [0.717, 1.165) is 24.1 Å². The lowest BCUT2D eigenvalue weighted by molar-refractivity contribution is 0.195. The van der Waals surface area contributed by atoms with E-state index in [0.29, 0.717) is 10.2 Å². The smallest absolute Gasteiger partial charge is 0.251 e. The number of nitrogens with one attached hydrogen (secondary N) is 1. The molecule has 0 saturated heterocycles. The van der Waals surface area contributed by atoms with Gasteiger partial charge in [0.1, 0.15) is 5.03 Å². The van der Waals surface area contributed by atoms with E-state index in [-0.39, 0.29) is 5.56 Å². The van der Waals surface area contributed by atoms with Gasteiger partial charge in [-0.05, 0) is 31.2 Å². The van der Waals surface area contributed by atoms with Crippen molar-refractivity contribution in [2.24, 2.45) is 0 Å². The largest absolute Gasteiger partial charge is 0.389 e. The first-order chi connectivity index (χ1) is 9.60. The Kier molecular flexibility index (Phi) is 4.92. The number of hydrogen-bond donors (Lipinski definition) is 2. The summed E-state index contributed by atoms with van der Waals surface area (Å²) in [4.78, 5) is 23.0. The molecule has 0 aliphatic heterocycles. The van der Waals surface area contributed by atoms with Crippen LogP contribution in [0, 0.1) is 0 Å². The molecule has 0 amide bonds. The Balaban J connectivity index is 2.32. The molecule has 0 spiro atoms. The zero-order valence-electron chi connectivity index (χ0n) is 11.5. The molecule has 1 atom stereocenters. The maximum atomic E-state index is 11.6. The quantitative estimate of drug-likeness (QED) is 0.827. The van der Waals surface area contributed by atoms with E-state index in [4.69, 9.17) is 0 Å². The molecule has 0 aromatic carbocycles. The van der Waals surface area contributed by atoms with Gasteiger partial charge in [0.2, 0.25) is 0 Å². The Hall–Kier alpha value is -1.66. The fraction of sp³-hybridized carbons (Fsp3) is 0.357. The normalized spacial score (nSPS) is 12.3. The highest BCUT2D eigenvalue weighted by atomic mass is 32.2. The summed E-state index contributed by atoms with van der Waals surface area (Å²) in [6, 6.07) is 5.10. The van der Waals surface area contributed by atoms with E-state index < -0.39 is 6.10 Å². The standard InChI is InChI=1S/C14H17N3O2S/c1-3-5-10-8-12(19)17-14(16-10)20-13-11(9(2)18)6-4-7-15-13/h4,6-9,18H,3,5H2,1-2H3,(H,16,17,19). The lowest BCUT2D eigenvalue weighted by atomic mass is 10.2. The summed E-state index contributed by atoms with van der Waals surface area (Å²) in [6.45, 7) is 3.73. The van der Waals surface area contributed by atoms with Crippen molar-refractivity contribution in [1.82, 2.24) is 15.0 Å². The SMILES string of the molecule is CCCc1cc(=O)[nH]c(Sc2ncccc2C(C)O)n1. The van der Waals surface area contributed by atoms with Gasteiger partial charge in [-0.25, -0.2) is 9.97 Å². The molecule has 5 nitrogen and oxygen atoms in total.